The van der Waals surface area contributed by atoms with Gasteiger partial charge in [0.15, 0.2) is 11.5 Å². The molecule has 156 valence electrons. The smallest absolute Gasteiger partial charge is 0.308 e. The minimum Gasteiger partial charge on any atom is -0.493 e. The molecule has 0 aliphatic rings. The number of anilines is 1. The molecule has 4 rings (SSSR count). The van der Waals surface area contributed by atoms with Gasteiger partial charge in [-0.3, -0.25) is 14.9 Å². The molecule has 8 nitrogen and oxygen atoms in total. The summed E-state index contributed by atoms with van der Waals surface area (Å²) in [6.07, 6.45) is 2.98. The van der Waals surface area contributed by atoms with Crippen LogP contribution in [0.25, 0.3) is 22.3 Å². The van der Waals surface area contributed by atoms with Gasteiger partial charge in [0.2, 0.25) is 4.96 Å². The fourth-order valence-electron chi connectivity index (χ4n) is 2.89. The first kappa shape index (κ1) is 20.3. The van der Waals surface area contributed by atoms with Crippen LogP contribution in [-0.4, -0.2) is 33.6 Å². The Morgan fingerprint density at radius 2 is 1.94 bits per heavy atom. The summed E-state index contributed by atoms with van der Waals surface area (Å²) in [7, 11) is 1.47. The van der Waals surface area contributed by atoms with Crippen LogP contribution >= 0.6 is 11.3 Å². The molecule has 0 aliphatic carbocycles. The molecule has 9 heteroatoms. The van der Waals surface area contributed by atoms with Crippen molar-refractivity contribution < 1.29 is 19.1 Å². The lowest BCUT2D eigenvalue weighted by Gasteiger charge is -2.08. The highest BCUT2D eigenvalue weighted by molar-refractivity contribution is 7.15. The number of esters is 1. The molecule has 0 unspecified atom stereocenters. The van der Waals surface area contributed by atoms with Gasteiger partial charge in [-0.25, -0.2) is 4.52 Å². The predicted octanol–water partition coefficient (Wildman–Crippen LogP) is 4.04. The first-order valence-electron chi connectivity index (χ1n) is 9.28. The second-order valence-corrected chi connectivity index (χ2v) is 7.28. The maximum absolute atomic E-state index is 12.3. The third kappa shape index (κ3) is 4.62. The van der Waals surface area contributed by atoms with Crippen LogP contribution in [0.1, 0.15) is 12.5 Å². The third-order valence-electron chi connectivity index (χ3n) is 4.25. The van der Waals surface area contributed by atoms with Gasteiger partial charge >= 0.3 is 5.97 Å². The molecule has 0 bridgehead atoms. The quantitative estimate of drug-likeness (QED) is 0.280. The summed E-state index contributed by atoms with van der Waals surface area (Å²) >= 11 is 1.45. The summed E-state index contributed by atoms with van der Waals surface area (Å²) in [5.41, 5.74) is 2.62. The first-order valence-corrected chi connectivity index (χ1v) is 10.2. The molecule has 2 heterocycles. The topological polar surface area (TPSA) is 94.8 Å². The number of ether oxygens (including phenoxy) is 2. The van der Waals surface area contributed by atoms with E-state index in [1.54, 1.807) is 28.8 Å². The van der Waals surface area contributed by atoms with Crippen LogP contribution in [0.15, 0.2) is 60.0 Å². The fraction of sp³-hybridized carbons (Fsp3) is 0.0909. The fourth-order valence-corrected chi connectivity index (χ4v) is 3.72. The molecular formula is C22H18N4O4S. The molecule has 2 aromatic heterocycles. The molecule has 0 aliphatic heterocycles. The molecule has 0 saturated carbocycles. The van der Waals surface area contributed by atoms with Crippen LogP contribution in [0.4, 0.5) is 5.95 Å². The minimum atomic E-state index is -0.441. The zero-order valence-electron chi connectivity index (χ0n) is 16.7. The number of methoxy groups -OCH3 is 1. The summed E-state index contributed by atoms with van der Waals surface area (Å²) < 4.78 is 12.0. The number of amides is 1. The van der Waals surface area contributed by atoms with Gasteiger partial charge in [-0.1, -0.05) is 36.4 Å². The Labute approximate surface area is 181 Å². The third-order valence-corrected chi connectivity index (χ3v) is 5.07. The van der Waals surface area contributed by atoms with Crippen molar-refractivity contribution in [2.45, 2.75) is 6.92 Å². The molecule has 0 saturated heterocycles. The number of fused-ring (bicyclic) bond motifs is 1. The predicted molar refractivity (Wildman–Crippen MR) is 118 cm³/mol. The Hall–Kier alpha value is -3.98. The zero-order valence-corrected chi connectivity index (χ0v) is 17.6. The van der Waals surface area contributed by atoms with Crippen LogP contribution in [0.3, 0.4) is 0 Å². The van der Waals surface area contributed by atoms with Crippen LogP contribution in [0.2, 0.25) is 0 Å². The minimum absolute atomic E-state index is 0.224. The number of rotatable bonds is 6. The number of carbonyl (C=O) groups excluding carboxylic acids is 2. The number of carbonyl (C=O) groups is 2. The van der Waals surface area contributed by atoms with E-state index >= 15 is 0 Å². The van der Waals surface area contributed by atoms with E-state index in [1.165, 1.54) is 31.4 Å². The number of thiazole rings is 1. The van der Waals surface area contributed by atoms with Gasteiger partial charge in [-0.05, 0) is 23.8 Å². The Morgan fingerprint density at radius 1 is 1.13 bits per heavy atom. The summed E-state index contributed by atoms with van der Waals surface area (Å²) in [4.78, 5) is 28.5. The molecule has 4 aromatic rings. The van der Waals surface area contributed by atoms with E-state index in [-0.39, 0.29) is 11.9 Å². The van der Waals surface area contributed by atoms with Crippen molar-refractivity contribution in [1.29, 1.82) is 0 Å². The number of nitrogens with one attached hydrogen (secondary N) is 1. The van der Waals surface area contributed by atoms with E-state index in [0.29, 0.717) is 22.0 Å². The average Bonchev–Trinajstić information content (AvgIpc) is 3.33. The van der Waals surface area contributed by atoms with Gasteiger partial charge in [-0.2, -0.15) is 4.98 Å². The standard InChI is InChI=1S/C22H18N4O4S/c1-14(27)30-18-10-8-15(12-19(18)29-2)9-11-20(28)23-21-24-22-26(25-21)17(13-31-22)16-6-4-3-5-7-16/h3-13H,1-2H3,(H,23,25,28)/b11-9+. The Morgan fingerprint density at radius 3 is 2.68 bits per heavy atom. The van der Waals surface area contributed by atoms with Crippen LogP contribution in [0, 0.1) is 0 Å². The van der Waals surface area contributed by atoms with Gasteiger partial charge in [0.1, 0.15) is 0 Å². The lowest BCUT2D eigenvalue weighted by Crippen LogP contribution is -2.09. The highest BCUT2D eigenvalue weighted by atomic mass is 32.1. The number of nitrogens with zero attached hydrogens (tertiary/aromatic N) is 3. The highest BCUT2D eigenvalue weighted by Gasteiger charge is 2.12. The second kappa shape index (κ2) is 8.80. The molecule has 0 radical (unpaired) electrons. The second-order valence-electron chi connectivity index (χ2n) is 6.44. The molecule has 0 atom stereocenters. The molecule has 1 N–H and O–H groups in total. The van der Waals surface area contributed by atoms with E-state index in [4.69, 9.17) is 9.47 Å². The van der Waals surface area contributed by atoms with Crippen LogP contribution in [0.5, 0.6) is 11.5 Å². The molecule has 2 aromatic carbocycles. The number of aromatic nitrogens is 3. The van der Waals surface area contributed by atoms with Gasteiger partial charge < -0.3 is 9.47 Å². The molecule has 0 spiro atoms. The lowest BCUT2D eigenvalue weighted by atomic mass is 10.2. The van der Waals surface area contributed by atoms with Crippen molar-refractivity contribution in [3.63, 3.8) is 0 Å². The SMILES string of the molecule is COc1cc(/C=C/C(=O)Nc2nc3scc(-c4ccccc4)n3n2)ccc1OC(C)=O. The van der Waals surface area contributed by atoms with E-state index in [9.17, 15) is 9.59 Å². The largest absolute Gasteiger partial charge is 0.493 e. The first-order chi connectivity index (χ1) is 15.0. The normalized spacial score (nSPS) is 11.0. The summed E-state index contributed by atoms with van der Waals surface area (Å²) in [6.45, 7) is 1.31. The average molecular weight is 434 g/mol. The molecular weight excluding hydrogens is 416 g/mol. The Kier molecular flexibility index (Phi) is 5.76. The van der Waals surface area contributed by atoms with Gasteiger partial charge in [0.25, 0.3) is 11.9 Å². The van der Waals surface area contributed by atoms with E-state index in [2.05, 4.69) is 15.4 Å². The molecule has 1 amide bonds. The van der Waals surface area contributed by atoms with Crippen LogP contribution in [-0.2, 0) is 9.59 Å². The summed E-state index contributed by atoms with van der Waals surface area (Å²) in [5, 5.41) is 9.04. The highest BCUT2D eigenvalue weighted by Crippen LogP contribution is 2.29. The van der Waals surface area contributed by atoms with Crippen LogP contribution < -0.4 is 14.8 Å². The van der Waals surface area contributed by atoms with Crippen molar-refractivity contribution in [1.82, 2.24) is 14.6 Å². The number of benzene rings is 2. The van der Waals surface area contributed by atoms with Gasteiger partial charge in [0, 0.05) is 23.9 Å². The summed E-state index contributed by atoms with van der Waals surface area (Å²) in [6, 6.07) is 14.8. The van der Waals surface area contributed by atoms with E-state index < -0.39 is 5.97 Å². The maximum Gasteiger partial charge on any atom is 0.308 e. The number of hydrogen-bond acceptors (Lipinski definition) is 7. The monoisotopic (exact) mass is 434 g/mol. The maximum atomic E-state index is 12.3. The zero-order chi connectivity index (χ0) is 21.8. The lowest BCUT2D eigenvalue weighted by molar-refractivity contribution is -0.132. The Bertz CT molecular complexity index is 1280. The van der Waals surface area contributed by atoms with Crippen molar-refractivity contribution >= 4 is 40.2 Å². The van der Waals surface area contributed by atoms with Gasteiger partial charge in [-0.15, -0.1) is 16.4 Å². The number of hydrogen-bond donors (Lipinski definition) is 1. The van der Waals surface area contributed by atoms with E-state index in [1.807, 2.05) is 35.7 Å². The van der Waals surface area contributed by atoms with Crippen molar-refractivity contribution in [2.75, 3.05) is 12.4 Å². The van der Waals surface area contributed by atoms with Crippen molar-refractivity contribution in [3.05, 3.63) is 65.6 Å². The molecule has 31 heavy (non-hydrogen) atoms. The van der Waals surface area contributed by atoms with E-state index in [0.717, 1.165) is 11.3 Å². The summed E-state index contributed by atoms with van der Waals surface area (Å²) in [5.74, 6) is 0.114. The Balaban J connectivity index is 1.47. The van der Waals surface area contributed by atoms with Crippen molar-refractivity contribution in [2.24, 2.45) is 0 Å². The van der Waals surface area contributed by atoms with Crippen molar-refractivity contribution in [3.8, 4) is 22.8 Å². The molecule has 0 fully saturated rings. The van der Waals surface area contributed by atoms with Gasteiger partial charge in [0.05, 0.1) is 12.8 Å².